The van der Waals surface area contributed by atoms with Crippen molar-refractivity contribution in [2.75, 3.05) is 5.43 Å². The van der Waals surface area contributed by atoms with E-state index >= 15 is 0 Å². The first-order chi connectivity index (χ1) is 9.56. The molecule has 0 spiro atoms. The van der Waals surface area contributed by atoms with E-state index in [2.05, 4.69) is 21.1 Å². The number of aromatic nitrogens is 3. The van der Waals surface area contributed by atoms with Gasteiger partial charge in [0.15, 0.2) is 5.69 Å². The summed E-state index contributed by atoms with van der Waals surface area (Å²) in [4.78, 5) is 24.5. The van der Waals surface area contributed by atoms with E-state index in [0.717, 1.165) is 30.5 Å². The molecule has 1 aromatic heterocycles. The Hall–Kier alpha value is -1.96. The molecule has 1 fully saturated rings. The molecule has 2 amide bonds. The number of nitrogens with two attached hydrogens (primary N) is 1. The van der Waals surface area contributed by atoms with Crippen molar-refractivity contribution in [2.24, 2.45) is 5.73 Å². The third-order valence-corrected chi connectivity index (χ3v) is 3.30. The normalized spacial score (nSPS) is 17.5. The molecule has 0 aliphatic heterocycles. The maximum absolute atomic E-state index is 12.0. The molecular weight excluding hydrogens is 260 g/mol. The smallest absolute Gasteiger partial charge is 0.273 e. The molecule has 1 unspecified atom stereocenters. The number of carbonyl (C=O) groups is 2. The molecule has 1 aliphatic carbocycles. The van der Waals surface area contributed by atoms with Gasteiger partial charge in [-0.05, 0) is 25.0 Å². The van der Waals surface area contributed by atoms with Crippen LogP contribution in [-0.2, 0) is 4.79 Å². The van der Waals surface area contributed by atoms with Gasteiger partial charge in [-0.25, -0.2) is 5.43 Å². The number of hydrogen-bond donors (Lipinski definition) is 3. The molecule has 20 heavy (non-hydrogen) atoms. The molecule has 0 bridgehead atoms. The summed E-state index contributed by atoms with van der Waals surface area (Å²) in [5, 5.41) is 10.3. The van der Waals surface area contributed by atoms with Gasteiger partial charge >= 0.3 is 0 Å². The van der Waals surface area contributed by atoms with Crippen molar-refractivity contribution in [3.63, 3.8) is 0 Å². The first-order valence-corrected chi connectivity index (χ1v) is 6.86. The second kappa shape index (κ2) is 6.47. The molecular formula is C12H20N6O2. The van der Waals surface area contributed by atoms with E-state index in [-0.39, 0.29) is 17.6 Å². The molecule has 1 aromatic rings. The van der Waals surface area contributed by atoms with E-state index in [9.17, 15) is 9.59 Å². The Balaban J connectivity index is 1.90. The van der Waals surface area contributed by atoms with E-state index in [1.807, 2.05) is 0 Å². The molecule has 8 heteroatoms. The Bertz CT molecular complexity index is 478. The van der Waals surface area contributed by atoms with Crippen molar-refractivity contribution in [1.82, 2.24) is 20.4 Å². The Kier molecular flexibility index (Phi) is 4.67. The van der Waals surface area contributed by atoms with Gasteiger partial charge in [0.25, 0.3) is 11.8 Å². The van der Waals surface area contributed by atoms with Crippen LogP contribution in [0.25, 0.3) is 0 Å². The topological polar surface area (TPSA) is 115 Å². The highest BCUT2D eigenvalue weighted by atomic mass is 16.2. The number of nitrogens with one attached hydrogen (secondary N) is 2. The van der Waals surface area contributed by atoms with Gasteiger partial charge in [-0.3, -0.25) is 9.59 Å². The van der Waals surface area contributed by atoms with Crippen LogP contribution in [-0.4, -0.2) is 39.0 Å². The van der Waals surface area contributed by atoms with Crippen LogP contribution in [0.3, 0.4) is 0 Å². The van der Waals surface area contributed by atoms with E-state index < -0.39 is 11.9 Å². The minimum Gasteiger partial charge on any atom is -0.348 e. The number of carbonyl (C=O) groups excluding carboxylic acids is 2. The second-order valence-electron chi connectivity index (χ2n) is 5.12. The molecule has 1 heterocycles. The quantitative estimate of drug-likeness (QED) is 0.704. The zero-order chi connectivity index (χ0) is 14.5. The summed E-state index contributed by atoms with van der Waals surface area (Å²) in [5.41, 5.74) is 8.02. The van der Waals surface area contributed by atoms with Crippen LogP contribution < -0.4 is 16.5 Å². The first-order valence-electron chi connectivity index (χ1n) is 6.86. The van der Waals surface area contributed by atoms with Crippen LogP contribution in [0.2, 0.25) is 0 Å². The van der Waals surface area contributed by atoms with Crippen LogP contribution in [0.15, 0.2) is 6.20 Å². The highest BCUT2D eigenvalue weighted by Crippen LogP contribution is 2.17. The molecule has 1 aliphatic rings. The van der Waals surface area contributed by atoms with Gasteiger partial charge in [0.2, 0.25) is 0 Å². The summed E-state index contributed by atoms with van der Waals surface area (Å²) in [7, 11) is 0. The van der Waals surface area contributed by atoms with Gasteiger partial charge in [0, 0.05) is 6.04 Å². The monoisotopic (exact) mass is 280 g/mol. The van der Waals surface area contributed by atoms with Gasteiger partial charge in [0.05, 0.1) is 12.2 Å². The standard InChI is InChI=1S/C12H20N6O2/c1-8(13)11(19)16-18-7-10(15-17-18)12(20)14-9-5-3-2-4-6-9/h7-9H,2-6,13H2,1H3,(H,14,20)(H,16,19). The first kappa shape index (κ1) is 14.4. The van der Waals surface area contributed by atoms with Gasteiger partial charge in [0.1, 0.15) is 0 Å². The molecule has 0 aromatic carbocycles. The summed E-state index contributed by atoms with van der Waals surface area (Å²) >= 11 is 0. The molecule has 0 radical (unpaired) electrons. The largest absolute Gasteiger partial charge is 0.348 e. The minimum absolute atomic E-state index is 0.181. The van der Waals surface area contributed by atoms with Crippen molar-refractivity contribution >= 4 is 11.8 Å². The average Bonchev–Trinajstić information content (AvgIpc) is 2.88. The highest BCUT2D eigenvalue weighted by Gasteiger charge is 2.19. The van der Waals surface area contributed by atoms with E-state index in [4.69, 9.17) is 5.73 Å². The Morgan fingerprint density at radius 3 is 2.75 bits per heavy atom. The summed E-state index contributed by atoms with van der Waals surface area (Å²) in [6, 6.07) is -0.446. The van der Waals surface area contributed by atoms with Crippen molar-refractivity contribution in [2.45, 2.75) is 51.1 Å². The fourth-order valence-corrected chi connectivity index (χ4v) is 2.14. The lowest BCUT2D eigenvalue weighted by Gasteiger charge is -2.22. The maximum Gasteiger partial charge on any atom is 0.273 e. The number of amides is 2. The lowest BCUT2D eigenvalue weighted by Crippen LogP contribution is -2.37. The van der Waals surface area contributed by atoms with Crippen LogP contribution >= 0.6 is 0 Å². The summed E-state index contributed by atoms with van der Waals surface area (Å²) < 4.78 is 0. The third-order valence-electron chi connectivity index (χ3n) is 3.30. The molecule has 8 nitrogen and oxygen atoms in total. The van der Waals surface area contributed by atoms with Crippen LogP contribution in [0, 0.1) is 0 Å². The predicted octanol–water partition coefficient (Wildman–Crippen LogP) is -0.242. The highest BCUT2D eigenvalue weighted by molar-refractivity contribution is 5.92. The Morgan fingerprint density at radius 1 is 1.40 bits per heavy atom. The minimum atomic E-state index is -0.654. The Morgan fingerprint density at radius 2 is 2.10 bits per heavy atom. The number of rotatable bonds is 4. The van der Waals surface area contributed by atoms with Crippen molar-refractivity contribution in [1.29, 1.82) is 0 Å². The molecule has 4 N–H and O–H groups in total. The fraction of sp³-hybridized carbons (Fsp3) is 0.667. The fourth-order valence-electron chi connectivity index (χ4n) is 2.14. The van der Waals surface area contributed by atoms with Gasteiger partial charge < -0.3 is 11.1 Å². The van der Waals surface area contributed by atoms with Gasteiger partial charge in [-0.1, -0.05) is 19.3 Å². The van der Waals surface area contributed by atoms with Crippen molar-refractivity contribution in [3.8, 4) is 0 Å². The van der Waals surface area contributed by atoms with Crippen LogP contribution in [0.5, 0.6) is 0 Å². The summed E-state index contributed by atoms with van der Waals surface area (Å²) in [6.45, 7) is 1.56. The maximum atomic E-state index is 12.0. The van der Waals surface area contributed by atoms with Crippen molar-refractivity contribution < 1.29 is 9.59 Å². The second-order valence-corrected chi connectivity index (χ2v) is 5.12. The molecule has 110 valence electrons. The lowest BCUT2D eigenvalue weighted by molar-refractivity contribution is -0.118. The molecule has 1 saturated carbocycles. The summed E-state index contributed by atoms with van der Waals surface area (Å²) in [6.07, 6.45) is 6.89. The Labute approximate surface area is 117 Å². The van der Waals surface area contributed by atoms with E-state index in [1.54, 1.807) is 6.92 Å². The zero-order valence-corrected chi connectivity index (χ0v) is 11.5. The van der Waals surface area contributed by atoms with Crippen molar-refractivity contribution in [3.05, 3.63) is 11.9 Å². The van der Waals surface area contributed by atoms with E-state index in [1.165, 1.54) is 12.6 Å². The third kappa shape index (κ3) is 3.77. The average molecular weight is 280 g/mol. The number of hydrogen-bond acceptors (Lipinski definition) is 5. The van der Waals surface area contributed by atoms with Crippen LogP contribution in [0.4, 0.5) is 0 Å². The predicted molar refractivity (Wildman–Crippen MR) is 72.4 cm³/mol. The molecule has 1 atom stereocenters. The number of nitrogens with zero attached hydrogens (tertiary/aromatic N) is 3. The molecule has 2 rings (SSSR count). The lowest BCUT2D eigenvalue weighted by atomic mass is 9.95. The molecule has 0 saturated heterocycles. The van der Waals surface area contributed by atoms with Gasteiger partial charge in [-0.15, -0.1) is 5.10 Å². The van der Waals surface area contributed by atoms with Crippen LogP contribution in [0.1, 0.15) is 49.5 Å². The zero-order valence-electron chi connectivity index (χ0n) is 11.5. The SMILES string of the molecule is CC(N)C(=O)Nn1cc(C(=O)NC2CCCCC2)nn1. The van der Waals surface area contributed by atoms with E-state index in [0.29, 0.717) is 0 Å². The van der Waals surface area contributed by atoms with Gasteiger partial charge in [-0.2, -0.15) is 4.79 Å². The summed E-state index contributed by atoms with van der Waals surface area (Å²) in [5.74, 6) is -0.660.